The van der Waals surface area contributed by atoms with E-state index in [0.29, 0.717) is 6.54 Å². The molecule has 0 saturated carbocycles. The summed E-state index contributed by atoms with van der Waals surface area (Å²) in [6.07, 6.45) is 6.42. The van der Waals surface area contributed by atoms with Gasteiger partial charge in [0.25, 0.3) is 0 Å². The molecule has 0 atom stereocenters. The van der Waals surface area contributed by atoms with Crippen molar-refractivity contribution >= 4 is 21.7 Å². The molecule has 0 unspecified atom stereocenters. The first-order chi connectivity index (χ1) is 9.29. The standard InChI is InChI=1S/C14H17BrN4/c15-13-4-5-14(18-10-13)19(8-2-6-16)11-12-3-1-7-17-9-12/h1,3-5,7,9-10H,2,6,8,11,16H2. The fourth-order valence-electron chi connectivity index (χ4n) is 1.82. The molecule has 2 N–H and O–H groups in total. The lowest BCUT2D eigenvalue weighted by Gasteiger charge is -2.23. The maximum Gasteiger partial charge on any atom is 0.128 e. The molecule has 0 aromatic carbocycles. The van der Waals surface area contributed by atoms with Gasteiger partial charge in [-0.2, -0.15) is 0 Å². The first-order valence-electron chi connectivity index (χ1n) is 6.25. The van der Waals surface area contributed by atoms with Gasteiger partial charge in [-0.05, 0) is 52.7 Å². The van der Waals surface area contributed by atoms with Gasteiger partial charge in [0.1, 0.15) is 5.82 Å². The van der Waals surface area contributed by atoms with E-state index in [0.717, 1.165) is 29.8 Å². The Kier molecular flexibility index (Phi) is 5.30. The van der Waals surface area contributed by atoms with Crippen LogP contribution in [0.1, 0.15) is 12.0 Å². The van der Waals surface area contributed by atoms with Gasteiger partial charge in [-0.1, -0.05) is 6.07 Å². The van der Waals surface area contributed by atoms with E-state index in [1.54, 1.807) is 6.20 Å². The van der Waals surface area contributed by atoms with Gasteiger partial charge in [0, 0.05) is 36.2 Å². The summed E-state index contributed by atoms with van der Waals surface area (Å²) < 4.78 is 0.983. The Bertz CT molecular complexity index is 487. The molecule has 0 bridgehead atoms. The number of rotatable bonds is 6. The highest BCUT2D eigenvalue weighted by molar-refractivity contribution is 9.10. The molecule has 0 aliphatic carbocycles. The lowest BCUT2D eigenvalue weighted by Crippen LogP contribution is -2.26. The zero-order valence-corrected chi connectivity index (χ0v) is 12.3. The van der Waals surface area contributed by atoms with E-state index >= 15 is 0 Å². The fourth-order valence-corrected chi connectivity index (χ4v) is 2.06. The number of pyridine rings is 2. The number of aromatic nitrogens is 2. The molecule has 2 aromatic rings. The highest BCUT2D eigenvalue weighted by Gasteiger charge is 2.08. The van der Waals surface area contributed by atoms with Crippen LogP contribution in [0.5, 0.6) is 0 Å². The largest absolute Gasteiger partial charge is 0.352 e. The molecule has 2 rings (SSSR count). The third-order valence-corrected chi connectivity index (χ3v) is 3.23. The van der Waals surface area contributed by atoms with Crippen molar-refractivity contribution in [3.05, 3.63) is 52.9 Å². The maximum absolute atomic E-state index is 5.61. The maximum atomic E-state index is 5.61. The fraction of sp³-hybridized carbons (Fsp3) is 0.286. The van der Waals surface area contributed by atoms with Crippen molar-refractivity contribution in [1.29, 1.82) is 0 Å². The first kappa shape index (κ1) is 14.0. The normalized spacial score (nSPS) is 10.4. The van der Waals surface area contributed by atoms with Gasteiger partial charge in [0.15, 0.2) is 0 Å². The topological polar surface area (TPSA) is 55.0 Å². The molecule has 5 heteroatoms. The highest BCUT2D eigenvalue weighted by Crippen LogP contribution is 2.17. The van der Waals surface area contributed by atoms with Gasteiger partial charge in [0.05, 0.1) is 0 Å². The minimum atomic E-state index is 0.681. The minimum Gasteiger partial charge on any atom is -0.352 e. The van der Waals surface area contributed by atoms with E-state index in [-0.39, 0.29) is 0 Å². The Morgan fingerprint density at radius 1 is 1.21 bits per heavy atom. The molecular weight excluding hydrogens is 304 g/mol. The summed E-state index contributed by atoms with van der Waals surface area (Å²) in [5, 5.41) is 0. The molecule has 0 aliphatic rings. The van der Waals surface area contributed by atoms with Crippen molar-refractivity contribution in [2.45, 2.75) is 13.0 Å². The lowest BCUT2D eigenvalue weighted by molar-refractivity contribution is 0.724. The molecule has 2 aromatic heterocycles. The number of nitrogens with zero attached hydrogens (tertiary/aromatic N) is 3. The van der Waals surface area contributed by atoms with Crippen molar-refractivity contribution in [1.82, 2.24) is 9.97 Å². The third kappa shape index (κ3) is 4.29. The summed E-state index contributed by atoms with van der Waals surface area (Å²) in [5.74, 6) is 0.959. The van der Waals surface area contributed by atoms with Crippen molar-refractivity contribution in [2.24, 2.45) is 5.73 Å². The molecule has 4 nitrogen and oxygen atoms in total. The van der Waals surface area contributed by atoms with Gasteiger partial charge in [-0.25, -0.2) is 4.98 Å². The Balaban J connectivity index is 2.13. The van der Waals surface area contributed by atoms with Crippen LogP contribution < -0.4 is 10.6 Å². The lowest BCUT2D eigenvalue weighted by atomic mass is 10.2. The Hall–Kier alpha value is -1.46. The second kappa shape index (κ2) is 7.21. The van der Waals surface area contributed by atoms with Gasteiger partial charge < -0.3 is 10.6 Å². The van der Waals surface area contributed by atoms with Crippen molar-refractivity contribution in [2.75, 3.05) is 18.0 Å². The van der Waals surface area contributed by atoms with Crippen LogP contribution in [0.4, 0.5) is 5.82 Å². The van der Waals surface area contributed by atoms with Gasteiger partial charge in [-0.15, -0.1) is 0 Å². The quantitative estimate of drug-likeness (QED) is 0.888. The number of anilines is 1. The number of nitrogens with two attached hydrogens (primary N) is 1. The van der Waals surface area contributed by atoms with E-state index < -0.39 is 0 Å². The molecular formula is C14H17BrN4. The Morgan fingerprint density at radius 2 is 2.11 bits per heavy atom. The number of hydrogen-bond donors (Lipinski definition) is 1. The molecule has 19 heavy (non-hydrogen) atoms. The smallest absolute Gasteiger partial charge is 0.128 e. The predicted molar refractivity (Wildman–Crippen MR) is 80.9 cm³/mol. The van der Waals surface area contributed by atoms with E-state index in [1.807, 2.05) is 30.6 Å². The summed E-state index contributed by atoms with van der Waals surface area (Å²) in [5.41, 5.74) is 6.78. The average Bonchev–Trinajstić information content (AvgIpc) is 2.45. The summed E-state index contributed by atoms with van der Waals surface area (Å²) in [4.78, 5) is 10.8. The predicted octanol–water partition coefficient (Wildman–Crippen LogP) is 2.59. The van der Waals surface area contributed by atoms with E-state index in [4.69, 9.17) is 5.73 Å². The van der Waals surface area contributed by atoms with Crippen LogP contribution in [0, 0.1) is 0 Å². The number of halogens is 1. The molecule has 100 valence electrons. The summed E-state index contributed by atoms with van der Waals surface area (Å²) >= 11 is 3.40. The van der Waals surface area contributed by atoms with Crippen LogP contribution in [0.3, 0.4) is 0 Å². The third-order valence-electron chi connectivity index (χ3n) is 2.76. The van der Waals surface area contributed by atoms with Gasteiger partial charge in [0.2, 0.25) is 0 Å². The van der Waals surface area contributed by atoms with Crippen LogP contribution in [-0.4, -0.2) is 23.1 Å². The first-order valence-corrected chi connectivity index (χ1v) is 7.04. The molecule has 0 radical (unpaired) electrons. The summed E-state index contributed by atoms with van der Waals surface area (Å²) in [6.45, 7) is 2.36. The number of hydrogen-bond acceptors (Lipinski definition) is 4. The van der Waals surface area contributed by atoms with Crippen molar-refractivity contribution in [3.8, 4) is 0 Å². The second-order valence-electron chi connectivity index (χ2n) is 4.26. The SMILES string of the molecule is NCCCN(Cc1cccnc1)c1ccc(Br)cn1. The van der Waals surface area contributed by atoms with Crippen molar-refractivity contribution < 1.29 is 0 Å². The molecule has 0 aliphatic heterocycles. The van der Waals surface area contributed by atoms with Crippen molar-refractivity contribution in [3.63, 3.8) is 0 Å². The molecule has 0 saturated heterocycles. The zero-order valence-electron chi connectivity index (χ0n) is 10.7. The second-order valence-corrected chi connectivity index (χ2v) is 5.18. The Labute approximate surface area is 121 Å². The average molecular weight is 321 g/mol. The van der Waals surface area contributed by atoms with E-state index in [2.05, 4.69) is 36.9 Å². The van der Waals surface area contributed by atoms with Crippen LogP contribution in [-0.2, 0) is 6.54 Å². The summed E-state index contributed by atoms with van der Waals surface area (Å²) in [7, 11) is 0. The van der Waals surface area contributed by atoms with E-state index in [9.17, 15) is 0 Å². The Morgan fingerprint density at radius 3 is 2.74 bits per heavy atom. The molecule has 0 amide bonds. The van der Waals surface area contributed by atoms with Gasteiger partial charge >= 0.3 is 0 Å². The van der Waals surface area contributed by atoms with Crippen LogP contribution >= 0.6 is 15.9 Å². The monoisotopic (exact) mass is 320 g/mol. The minimum absolute atomic E-state index is 0.681. The van der Waals surface area contributed by atoms with Crippen LogP contribution in [0.25, 0.3) is 0 Å². The molecule has 2 heterocycles. The molecule has 0 spiro atoms. The van der Waals surface area contributed by atoms with Crippen LogP contribution in [0.2, 0.25) is 0 Å². The van der Waals surface area contributed by atoms with Gasteiger partial charge in [-0.3, -0.25) is 4.98 Å². The zero-order chi connectivity index (χ0) is 13.5. The summed E-state index contributed by atoms with van der Waals surface area (Å²) in [6, 6.07) is 8.03. The van der Waals surface area contributed by atoms with Crippen LogP contribution in [0.15, 0.2) is 47.3 Å². The molecule has 0 fully saturated rings. The van der Waals surface area contributed by atoms with E-state index in [1.165, 1.54) is 5.56 Å². The highest BCUT2D eigenvalue weighted by atomic mass is 79.9.